The molecule has 2 aliphatic heterocycles. The van der Waals surface area contributed by atoms with Gasteiger partial charge in [0.25, 0.3) is 0 Å². The van der Waals surface area contributed by atoms with Crippen LogP contribution in [0.4, 0.5) is 13.2 Å². The number of amides is 2. The highest BCUT2D eigenvalue weighted by Crippen LogP contribution is 2.43. The Balaban J connectivity index is 0.000000240. The molecule has 248 valence electrons. The lowest BCUT2D eigenvalue weighted by molar-refractivity contribution is -0.274. The molecular weight excluding hydrogens is 605 g/mol. The zero-order chi connectivity index (χ0) is 33.3. The van der Waals surface area contributed by atoms with Crippen LogP contribution in [0.15, 0.2) is 60.7 Å². The molecule has 12 heteroatoms. The molecule has 0 aromatic heterocycles. The van der Waals surface area contributed by atoms with Gasteiger partial charge in [-0.3, -0.25) is 9.59 Å². The Morgan fingerprint density at radius 2 is 1.26 bits per heavy atom. The monoisotopic (exact) mass is 644 g/mol. The van der Waals surface area contributed by atoms with Crippen molar-refractivity contribution >= 4 is 11.8 Å². The van der Waals surface area contributed by atoms with Crippen molar-refractivity contribution in [1.29, 1.82) is 0 Å². The first kappa shape index (κ1) is 34.3. The van der Waals surface area contributed by atoms with Gasteiger partial charge in [0.2, 0.25) is 11.8 Å². The molecule has 0 radical (unpaired) electrons. The minimum Gasteiger partial charge on any atom is -0.496 e. The number of carbonyl (C=O) groups is 2. The Morgan fingerprint density at radius 1 is 0.739 bits per heavy atom. The summed E-state index contributed by atoms with van der Waals surface area (Å²) in [4.78, 5) is 25.9. The highest BCUT2D eigenvalue weighted by molar-refractivity contribution is 5.78. The number of nitrogens with zero attached hydrogens (tertiary/aromatic N) is 1. The summed E-state index contributed by atoms with van der Waals surface area (Å²) in [5, 5.41) is 2.98. The van der Waals surface area contributed by atoms with E-state index in [2.05, 4.69) is 10.1 Å². The molecule has 46 heavy (non-hydrogen) atoms. The maximum Gasteiger partial charge on any atom is 0.573 e. The summed E-state index contributed by atoms with van der Waals surface area (Å²) in [5.74, 6) is 2.55. The van der Waals surface area contributed by atoms with Gasteiger partial charge in [-0.05, 0) is 67.6 Å². The normalized spacial score (nSPS) is 18.1. The van der Waals surface area contributed by atoms with Crippen LogP contribution in [0.2, 0.25) is 0 Å². The molecule has 5 rings (SSSR count). The number of methoxy groups -OCH3 is 4. The van der Waals surface area contributed by atoms with Crippen LogP contribution >= 0.6 is 0 Å². The summed E-state index contributed by atoms with van der Waals surface area (Å²) in [6.07, 6.45) is -0.426. The third-order valence-electron chi connectivity index (χ3n) is 7.92. The summed E-state index contributed by atoms with van der Waals surface area (Å²) >= 11 is 0. The van der Waals surface area contributed by atoms with Crippen molar-refractivity contribution < 1.29 is 46.4 Å². The lowest BCUT2D eigenvalue weighted by Crippen LogP contribution is -2.38. The molecule has 2 atom stereocenters. The van der Waals surface area contributed by atoms with Crippen molar-refractivity contribution in [3.05, 3.63) is 77.4 Å². The van der Waals surface area contributed by atoms with Crippen molar-refractivity contribution in [2.24, 2.45) is 0 Å². The van der Waals surface area contributed by atoms with Gasteiger partial charge in [0.15, 0.2) is 0 Å². The summed E-state index contributed by atoms with van der Waals surface area (Å²) in [7, 11) is 6.38. The number of likely N-dealkylation sites (tertiary alicyclic amines) is 1. The highest BCUT2D eigenvalue weighted by atomic mass is 19.4. The zero-order valence-corrected chi connectivity index (χ0v) is 26.3. The maximum absolute atomic E-state index is 12.7. The molecule has 0 spiro atoms. The molecule has 2 amide bonds. The van der Waals surface area contributed by atoms with E-state index in [1.54, 1.807) is 33.3 Å². The SMILES string of the molecule is COc1cccc(OC)c1C1CCCC(=O)N1.COc1cccc(OC)c1C1CCCC(=O)N1Cc1ccc(OC(F)(F)F)cc1. The van der Waals surface area contributed by atoms with Gasteiger partial charge >= 0.3 is 6.36 Å². The number of piperidine rings is 2. The van der Waals surface area contributed by atoms with Crippen LogP contribution in [0.3, 0.4) is 0 Å². The van der Waals surface area contributed by atoms with Gasteiger partial charge < -0.3 is 33.9 Å². The molecule has 2 fully saturated rings. The van der Waals surface area contributed by atoms with Crippen molar-refractivity contribution in [2.75, 3.05) is 28.4 Å². The van der Waals surface area contributed by atoms with E-state index >= 15 is 0 Å². The number of halogens is 3. The highest BCUT2D eigenvalue weighted by Gasteiger charge is 2.34. The van der Waals surface area contributed by atoms with E-state index in [1.165, 1.54) is 24.3 Å². The smallest absolute Gasteiger partial charge is 0.496 e. The first-order valence-corrected chi connectivity index (χ1v) is 14.9. The molecule has 3 aromatic carbocycles. The molecule has 0 aliphatic carbocycles. The van der Waals surface area contributed by atoms with Crippen molar-refractivity contribution in [3.8, 4) is 28.7 Å². The van der Waals surface area contributed by atoms with E-state index in [0.717, 1.165) is 48.3 Å². The average Bonchev–Trinajstić information content (AvgIpc) is 3.05. The lowest BCUT2D eigenvalue weighted by Gasteiger charge is -2.37. The molecule has 3 aromatic rings. The predicted octanol–water partition coefficient (Wildman–Crippen LogP) is 6.90. The Kier molecular flexibility index (Phi) is 11.6. The molecule has 2 aliphatic rings. The van der Waals surface area contributed by atoms with Crippen LogP contribution in [0.25, 0.3) is 0 Å². The Bertz CT molecular complexity index is 1440. The summed E-state index contributed by atoms with van der Waals surface area (Å²) in [6.45, 7) is 0.261. The Morgan fingerprint density at radius 3 is 1.76 bits per heavy atom. The second kappa shape index (κ2) is 15.6. The van der Waals surface area contributed by atoms with E-state index < -0.39 is 6.36 Å². The summed E-state index contributed by atoms with van der Waals surface area (Å²) in [5.41, 5.74) is 2.43. The van der Waals surface area contributed by atoms with E-state index in [9.17, 15) is 22.8 Å². The first-order valence-electron chi connectivity index (χ1n) is 14.9. The van der Waals surface area contributed by atoms with Crippen LogP contribution in [0.1, 0.15) is 67.3 Å². The topological polar surface area (TPSA) is 95.6 Å². The molecule has 2 unspecified atom stereocenters. The molecule has 2 saturated heterocycles. The van der Waals surface area contributed by atoms with Crippen molar-refractivity contribution in [3.63, 3.8) is 0 Å². The third-order valence-corrected chi connectivity index (χ3v) is 7.92. The third kappa shape index (κ3) is 8.55. The first-order chi connectivity index (χ1) is 22.1. The van der Waals surface area contributed by atoms with Crippen LogP contribution in [-0.2, 0) is 16.1 Å². The van der Waals surface area contributed by atoms with E-state index in [0.29, 0.717) is 29.9 Å². The average molecular weight is 645 g/mol. The van der Waals surface area contributed by atoms with Crippen LogP contribution < -0.4 is 29.0 Å². The predicted molar refractivity (Wildman–Crippen MR) is 164 cm³/mol. The Labute approximate surface area is 266 Å². The Hall–Kier alpha value is -4.61. The van der Waals surface area contributed by atoms with Crippen molar-refractivity contribution in [2.45, 2.75) is 63.5 Å². The van der Waals surface area contributed by atoms with Gasteiger partial charge in [-0.2, -0.15) is 0 Å². The van der Waals surface area contributed by atoms with E-state index in [-0.39, 0.29) is 36.2 Å². The van der Waals surface area contributed by atoms with Gasteiger partial charge in [-0.1, -0.05) is 24.3 Å². The number of nitrogens with one attached hydrogen (secondary N) is 1. The van der Waals surface area contributed by atoms with E-state index in [4.69, 9.17) is 18.9 Å². The van der Waals surface area contributed by atoms with Gasteiger partial charge in [0, 0.05) is 19.4 Å². The van der Waals surface area contributed by atoms with Crippen LogP contribution in [0.5, 0.6) is 28.7 Å². The zero-order valence-electron chi connectivity index (χ0n) is 26.3. The molecule has 1 N–H and O–H groups in total. The lowest BCUT2D eigenvalue weighted by atomic mass is 9.92. The van der Waals surface area contributed by atoms with Crippen LogP contribution in [-0.4, -0.2) is 51.5 Å². The fourth-order valence-corrected chi connectivity index (χ4v) is 5.87. The second-order valence-corrected chi connectivity index (χ2v) is 10.8. The minimum absolute atomic E-state index is 0.0117. The van der Waals surface area contributed by atoms with Gasteiger partial charge in [-0.15, -0.1) is 13.2 Å². The van der Waals surface area contributed by atoms with Gasteiger partial charge in [0.05, 0.1) is 51.6 Å². The number of alkyl halides is 3. The maximum atomic E-state index is 12.7. The number of benzene rings is 3. The summed E-state index contributed by atoms with van der Waals surface area (Å²) < 4.78 is 62.6. The second-order valence-electron chi connectivity index (χ2n) is 10.8. The quantitative estimate of drug-likeness (QED) is 0.271. The minimum atomic E-state index is -4.74. The van der Waals surface area contributed by atoms with Gasteiger partial charge in [0.1, 0.15) is 28.7 Å². The van der Waals surface area contributed by atoms with E-state index in [1.807, 2.05) is 36.4 Å². The van der Waals surface area contributed by atoms with Crippen LogP contribution in [0, 0.1) is 0 Å². The number of carbonyl (C=O) groups excluding carboxylic acids is 2. The number of hydrogen-bond donors (Lipinski definition) is 1. The molecule has 0 bridgehead atoms. The molecular formula is C34H39F3N2O7. The fourth-order valence-electron chi connectivity index (χ4n) is 5.87. The van der Waals surface area contributed by atoms with Gasteiger partial charge in [-0.25, -0.2) is 0 Å². The summed E-state index contributed by atoms with van der Waals surface area (Å²) in [6, 6.07) is 16.4. The fraction of sp³-hybridized carbons (Fsp3) is 0.412. The number of hydrogen-bond acceptors (Lipinski definition) is 7. The standard InChI is InChI=1S/C21H22F3NO4.C13H17NO3/c1-27-17-6-4-7-18(28-2)20(17)16-5-3-8-19(26)25(16)13-14-9-11-15(12-10-14)29-21(22,23)24;1-16-10-6-4-7-11(17-2)13(10)9-5-3-8-12(15)14-9/h4,6-7,9-12,16H,3,5,8,13H2,1-2H3;4,6-7,9H,3,5,8H2,1-2H3,(H,14,15). The number of rotatable bonds is 9. The molecule has 2 heterocycles. The largest absolute Gasteiger partial charge is 0.573 e. The number of ether oxygens (including phenoxy) is 5. The molecule has 9 nitrogen and oxygen atoms in total. The van der Waals surface area contributed by atoms with Crippen molar-refractivity contribution in [1.82, 2.24) is 10.2 Å². The molecule has 0 saturated carbocycles.